The van der Waals surface area contributed by atoms with Gasteiger partial charge in [-0.1, -0.05) is 0 Å². The highest BCUT2D eigenvalue weighted by Gasteiger charge is 2.12. The molecule has 0 bridgehead atoms. The predicted octanol–water partition coefficient (Wildman–Crippen LogP) is 0.851. The summed E-state index contributed by atoms with van der Waals surface area (Å²) in [7, 11) is 7.47. The highest BCUT2D eigenvalue weighted by atomic mass is 16.5. The SMILES string of the molecule is COc1ccc(C=NNC(=O)C[N+](C)(C)C)cc1. The zero-order valence-corrected chi connectivity index (χ0v) is 11.3. The van der Waals surface area contributed by atoms with E-state index in [4.69, 9.17) is 4.74 Å². The van der Waals surface area contributed by atoms with Crippen LogP contribution in [0.4, 0.5) is 0 Å². The molecule has 0 aromatic heterocycles. The van der Waals surface area contributed by atoms with Gasteiger partial charge in [0.2, 0.25) is 0 Å². The third-order valence-corrected chi connectivity index (χ3v) is 2.14. The van der Waals surface area contributed by atoms with Crippen LogP contribution in [0.25, 0.3) is 0 Å². The van der Waals surface area contributed by atoms with Crippen LogP contribution >= 0.6 is 0 Å². The number of hydrogen-bond donors (Lipinski definition) is 1. The molecule has 0 unspecified atom stereocenters. The van der Waals surface area contributed by atoms with Gasteiger partial charge in [0, 0.05) is 0 Å². The molecule has 0 aliphatic carbocycles. The minimum absolute atomic E-state index is 0.104. The summed E-state index contributed by atoms with van der Waals surface area (Å²) in [6.45, 7) is 0.389. The van der Waals surface area contributed by atoms with Crippen molar-refractivity contribution < 1.29 is 14.0 Å². The summed E-state index contributed by atoms with van der Waals surface area (Å²) in [5.41, 5.74) is 3.40. The molecule has 5 heteroatoms. The standard InChI is InChI=1S/C13H19N3O2/c1-16(2,3)10-13(17)15-14-9-11-5-7-12(18-4)8-6-11/h5-9H,10H2,1-4H3/p+1. The molecular weight excluding hydrogens is 230 g/mol. The van der Waals surface area contributed by atoms with Gasteiger partial charge in [0.1, 0.15) is 5.75 Å². The lowest BCUT2D eigenvalue weighted by atomic mass is 10.2. The maximum atomic E-state index is 11.5. The first-order valence-corrected chi connectivity index (χ1v) is 5.67. The first-order valence-electron chi connectivity index (χ1n) is 5.67. The van der Waals surface area contributed by atoms with E-state index in [0.29, 0.717) is 11.0 Å². The Morgan fingerprint density at radius 1 is 1.33 bits per heavy atom. The summed E-state index contributed by atoms with van der Waals surface area (Å²) >= 11 is 0. The highest BCUT2D eigenvalue weighted by molar-refractivity contribution is 5.82. The number of nitrogens with zero attached hydrogens (tertiary/aromatic N) is 2. The van der Waals surface area contributed by atoms with Crippen LogP contribution in [0.5, 0.6) is 5.75 Å². The quantitative estimate of drug-likeness (QED) is 0.478. The van der Waals surface area contributed by atoms with Crippen LogP contribution in [-0.2, 0) is 4.79 Å². The van der Waals surface area contributed by atoms with Crippen LogP contribution in [0.15, 0.2) is 29.4 Å². The molecule has 1 rings (SSSR count). The fraction of sp³-hybridized carbons (Fsp3) is 0.385. The number of ether oxygens (including phenoxy) is 1. The van der Waals surface area contributed by atoms with E-state index >= 15 is 0 Å². The Morgan fingerprint density at radius 2 is 1.94 bits per heavy atom. The molecule has 1 amide bonds. The topological polar surface area (TPSA) is 50.7 Å². The van der Waals surface area contributed by atoms with Gasteiger partial charge in [-0.05, 0) is 29.8 Å². The number of benzene rings is 1. The van der Waals surface area contributed by atoms with Gasteiger partial charge in [-0.15, -0.1) is 0 Å². The summed E-state index contributed by atoms with van der Waals surface area (Å²) in [6, 6.07) is 7.42. The number of amides is 1. The minimum atomic E-state index is -0.104. The van der Waals surface area contributed by atoms with Crippen molar-refractivity contribution in [3.8, 4) is 5.75 Å². The molecule has 1 aromatic carbocycles. The minimum Gasteiger partial charge on any atom is -0.497 e. The number of carbonyl (C=O) groups excluding carboxylic acids is 1. The lowest BCUT2D eigenvalue weighted by molar-refractivity contribution is -0.862. The monoisotopic (exact) mass is 250 g/mol. The number of quaternary nitrogens is 1. The van der Waals surface area contributed by atoms with E-state index in [1.807, 2.05) is 45.4 Å². The van der Waals surface area contributed by atoms with Gasteiger partial charge in [0.25, 0.3) is 5.91 Å². The number of nitrogens with one attached hydrogen (secondary N) is 1. The van der Waals surface area contributed by atoms with E-state index in [9.17, 15) is 4.79 Å². The van der Waals surface area contributed by atoms with Gasteiger partial charge in [-0.2, -0.15) is 5.10 Å². The van der Waals surface area contributed by atoms with Crippen LogP contribution in [0.1, 0.15) is 5.56 Å². The number of methoxy groups -OCH3 is 1. The van der Waals surface area contributed by atoms with Crippen LogP contribution in [0.2, 0.25) is 0 Å². The van der Waals surface area contributed by atoms with Gasteiger partial charge in [0.05, 0.1) is 34.5 Å². The summed E-state index contributed by atoms with van der Waals surface area (Å²) in [5.74, 6) is 0.688. The number of hydrazone groups is 1. The fourth-order valence-corrected chi connectivity index (χ4v) is 1.33. The van der Waals surface area contributed by atoms with Crippen LogP contribution in [-0.4, -0.2) is 51.4 Å². The second-order valence-electron chi connectivity index (χ2n) is 5.01. The summed E-state index contributed by atoms with van der Waals surface area (Å²) in [6.07, 6.45) is 1.60. The first kappa shape index (κ1) is 14.2. The van der Waals surface area contributed by atoms with Gasteiger partial charge in [-0.25, -0.2) is 5.43 Å². The smallest absolute Gasteiger partial charge is 0.295 e. The Hall–Kier alpha value is -1.88. The second kappa shape index (κ2) is 6.16. The molecule has 0 saturated heterocycles. The molecule has 0 aliphatic rings. The molecule has 18 heavy (non-hydrogen) atoms. The van der Waals surface area contributed by atoms with Crippen LogP contribution in [0.3, 0.4) is 0 Å². The third kappa shape index (κ3) is 5.45. The zero-order valence-electron chi connectivity index (χ0n) is 11.3. The van der Waals surface area contributed by atoms with E-state index < -0.39 is 0 Å². The van der Waals surface area contributed by atoms with Crippen molar-refractivity contribution in [3.63, 3.8) is 0 Å². The van der Waals surface area contributed by atoms with E-state index in [2.05, 4.69) is 10.5 Å². The third-order valence-electron chi connectivity index (χ3n) is 2.14. The molecule has 0 heterocycles. The maximum absolute atomic E-state index is 11.5. The van der Waals surface area contributed by atoms with Crippen molar-refractivity contribution in [1.29, 1.82) is 0 Å². The van der Waals surface area contributed by atoms with Gasteiger partial charge >= 0.3 is 0 Å². The molecule has 0 atom stereocenters. The van der Waals surface area contributed by atoms with Crippen molar-refractivity contribution in [1.82, 2.24) is 5.43 Å². The summed E-state index contributed by atoms with van der Waals surface area (Å²) in [5, 5.41) is 3.91. The molecule has 98 valence electrons. The van der Waals surface area contributed by atoms with Gasteiger partial charge in [0.15, 0.2) is 6.54 Å². The summed E-state index contributed by atoms with van der Waals surface area (Å²) < 4.78 is 5.62. The Kier molecular flexibility index (Phi) is 4.85. The average Bonchev–Trinajstić information content (AvgIpc) is 2.27. The number of rotatable bonds is 5. The van der Waals surface area contributed by atoms with Crippen molar-refractivity contribution >= 4 is 12.1 Å². The van der Waals surface area contributed by atoms with Crippen LogP contribution in [0, 0.1) is 0 Å². The fourth-order valence-electron chi connectivity index (χ4n) is 1.33. The van der Waals surface area contributed by atoms with E-state index in [1.54, 1.807) is 13.3 Å². The normalized spacial score (nSPS) is 11.6. The molecule has 0 saturated carbocycles. The Bertz CT molecular complexity index is 419. The van der Waals surface area contributed by atoms with Crippen LogP contribution < -0.4 is 10.2 Å². The predicted molar refractivity (Wildman–Crippen MR) is 71.6 cm³/mol. The van der Waals surface area contributed by atoms with E-state index in [1.165, 1.54) is 0 Å². The Labute approximate surface area is 108 Å². The highest BCUT2D eigenvalue weighted by Crippen LogP contribution is 2.09. The molecule has 0 spiro atoms. The van der Waals surface area contributed by atoms with E-state index in [-0.39, 0.29) is 5.91 Å². The lowest BCUT2D eigenvalue weighted by Crippen LogP contribution is -2.43. The van der Waals surface area contributed by atoms with Crippen molar-refractivity contribution in [2.45, 2.75) is 0 Å². The molecule has 1 N–H and O–H groups in total. The molecule has 0 radical (unpaired) electrons. The summed E-state index contributed by atoms with van der Waals surface area (Å²) in [4.78, 5) is 11.5. The number of hydrogen-bond acceptors (Lipinski definition) is 3. The number of likely N-dealkylation sites (N-methyl/N-ethyl adjacent to an activating group) is 1. The maximum Gasteiger partial charge on any atom is 0.295 e. The largest absolute Gasteiger partial charge is 0.497 e. The van der Waals surface area contributed by atoms with Gasteiger partial charge < -0.3 is 9.22 Å². The Morgan fingerprint density at radius 3 is 2.44 bits per heavy atom. The van der Waals surface area contributed by atoms with Crippen molar-refractivity contribution in [2.24, 2.45) is 5.10 Å². The van der Waals surface area contributed by atoms with Gasteiger partial charge in [-0.3, -0.25) is 4.79 Å². The molecule has 0 aliphatic heterocycles. The van der Waals surface area contributed by atoms with E-state index in [0.717, 1.165) is 11.3 Å². The molecular formula is C13H20N3O2+. The van der Waals surface area contributed by atoms with Crippen molar-refractivity contribution in [3.05, 3.63) is 29.8 Å². The molecule has 1 aromatic rings. The first-order chi connectivity index (χ1) is 8.40. The lowest BCUT2D eigenvalue weighted by Gasteiger charge is -2.21. The molecule has 5 nitrogen and oxygen atoms in total. The number of carbonyl (C=O) groups is 1. The average molecular weight is 250 g/mol. The van der Waals surface area contributed by atoms with Crippen molar-refractivity contribution in [2.75, 3.05) is 34.8 Å². The second-order valence-corrected chi connectivity index (χ2v) is 5.01. The molecule has 0 fully saturated rings. The zero-order chi connectivity index (χ0) is 13.6. The Balaban J connectivity index is 2.47.